The van der Waals surface area contributed by atoms with Crippen LogP contribution in [0.5, 0.6) is 5.75 Å². The first-order valence-electron chi connectivity index (χ1n) is 4.81. The third-order valence-corrected chi connectivity index (χ3v) is 1.76. The van der Waals surface area contributed by atoms with Gasteiger partial charge in [-0.3, -0.25) is 4.79 Å². The Morgan fingerprint density at radius 2 is 1.58 bits per heavy atom. The van der Waals surface area contributed by atoms with Crippen molar-refractivity contribution in [2.24, 2.45) is 0 Å². The molecule has 1 aromatic carbocycles. The molecule has 0 saturated heterocycles. The number of aliphatic carboxylic acids is 2. The second-order valence-electron chi connectivity index (χ2n) is 3.22. The maximum Gasteiger partial charge on any atom is 0.490 e. The lowest BCUT2D eigenvalue weighted by Crippen LogP contribution is -2.21. The highest BCUT2D eigenvalue weighted by Crippen LogP contribution is 2.13. The van der Waals surface area contributed by atoms with Crippen molar-refractivity contribution in [1.82, 2.24) is 0 Å². The number of ether oxygens (including phenoxy) is 1. The number of halogens is 3. The van der Waals surface area contributed by atoms with Crippen LogP contribution in [0.4, 0.5) is 13.2 Å². The number of rotatable bonds is 3. The first-order valence-corrected chi connectivity index (χ1v) is 4.81. The van der Waals surface area contributed by atoms with Gasteiger partial charge in [0.1, 0.15) is 5.75 Å². The quantitative estimate of drug-likeness (QED) is 0.884. The van der Waals surface area contributed by atoms with Gasteiger partial charge in [-0.05, 0) is 17.7 Å². The fourth-order valence-electron chi connectivity index (χ4n) is 0.918. The molecule has 1 rings (SSSR count). The van der Waals surface area contributed by atoms with E-state index in [2.05, 4.69) is 0 Å². The van der Waals surface area contributed by atoms with E-state index in [1.54, 1.807) is 31.4 Å². The zero-order chi connectivity index (χ0) is 15.1. The van der Waals surface area contributed by atoms with Gasteiger partial charge in [-0.25, -0.2) is 4.79 Å². The van der Waals surface area contributed by atoms with E-state index in [1.165, 1.54) is 0 Å². The smallest absolute Gasteiger partial charge is 0.490 e. The third kappa shape index (κ3) is 7.63. The molecule has 0 aliphatic carbocycles. The molecular formula is C11H11F3O5. The first kappa shape index (κ1) is 16.8. The van der Waals surface area contributed by atoms with Crippen molar-refractivity contribution in [3.63, 3.8) is 0 Å². The predicted molar refractivity (Wildman–Crippen MR) is 58.0 cm³/mol. The number of methoxy groups -OCH3 is 1. The lowest BCUT2D eigenvalue weighted by Gasteiger charge is -1.99. The molecule has 1 aromatic rings. The van der Waals surface area contributed by atoms with Crippen LogP contribution in [0.2, 0.25) is 0 Å². The minimum atomic E-state index is -5.08. The molecule has 0 radical (unpaired) electrons. The summed E-state index contributed by atoms with van der Waals surface area (Å²) < 4.78 is 36.7. The van der Waals surface area contributed by atoms with Crippen molar-refractivity contribution in [1.29, 1.82) is 0 Å². The summed E-state index contributed by atoms with van der Waals surface area (Å²) in [6, 6.07) is 6.98. The van der Waals surface area contributed by atoms with Gasteiger partial charge in [-0.2, -0.15) is 13.2 Å². The molecule has 0 unspecified atom stereocenters. The zero-order valence-corrected chi connectivity index (χ0v) is 9.77. The third-order valence-electron chi connectivity index (χ3n) is 1.76. The number of benzene rings is 1. The highest BCUT2D eigenvalue weighted by Gasteiger charge is 2.38. The summed E-state index contributed by atoms with van der Waals surface area (Å²) in [5.41, 5.74) is 0.781. The molecule has 0 aliphatic rings. The summed E-state index contributed by atoms with van der Waals surface area (Å²) in [6.45, 7) is 0. The Morgan fingerprint density at radius 1 is 1.16 bits per heavy atom. The molecule has 0 heterocycles. The van der Waals surface area contributed by atoms with Crippen molar-refractivity contribution in [3.05, 3.63) is 29.8 Å². The van der Waals surface area contributed by atoms with Crippen LogP contribution in [0.15, 0.2) is 24.3 Å². The average molecular weight is 280 g/mol. The molecule has 5 nitrogen and oxygen atoms in total. The molecular weight excluding hydrogens is 269 g/mol. The van der Waals surface area contributed by atoms with Gasteiger partial charge in [0.2, 0.25) is 0 Å². The number of hydrogen-bond donors (Lipinski definition) is 2. The van der Waals surface area contributed by atoms with Crippen molar-refractivity contribution >= 4 is 11.9 Å². The van der Waals surface area contributed by atoms with Crippen LogP contribution in [0.1, 0.15) is 5.56 Å². The molecule has 0 atom stereocenters. The highest BCUT2D eigenvalue weighted by molar-refractivity contribution is 5.73. The Balaban J connectivity index is 0.000000399. The van der Waals surface area contributed by atoms with Gasteiger partial charge in [0, 0.05) is 0 Å². The lowest BCUT2D eigenvalue weighted by molar-refractivity contribution is -0.192. The van der Waals surface area contributed by atoms with Crippen molar-refractivity contribution in [2.45, 2.75) is 12.6 Å². The summed E-state index contributed by atoms with van der Waals surface area (Å²) in [5.74, 6) is -2.84. The lowest BCUT2D eigenvalue weighted by atomic mass is 10.1. The topological polar surface area (TPSA) is 83.8 Å². The standard InChI is InChI=1S/C9H10O3.C2HF3O2/c1-12-8-4-2-7(3-5-8)6-9(10)11;3-2(4,5)1(6)7/h2-5H,6H2,1H3,(H,10,11);(H,6,7). The molecule has 106 valence electrons. The summed E-state index contributed by atoms with van der Waals surface area (Å²) in [5, 5.41) is 15.6. The van der Waals surface area contributed by atoms with E-state index in [9.17, 15) is 18.0 Å². The molecule has 0 aliphatic heterocycles. The SMILES string of the molecule is COc1ccc(CC(=O)O)cc1.O=C(O)C(F)(F)F. The largest absolute Gasteiger partial charge is 0.497 e. The molecule has 0 spiro atoms. The van der Waals surface area contributed by atoms with Crippen LogP contribution >= 0.6 is 0 Å². The normalized spacial score (nSPS) is 10.1. The van der Waals surface area contributed by atoms with Crippen LogP contribution in [0.3, 0.4) is 0 Å². The highest BCUT2D eigenvalue weighted by atomic mass is 19.4. The van der Waals surface area contributed by atoms with E-state index in [1.807, 2.05) is 0 Å². The number of carbonyl (C=O) groups is 2. The number of carboxylic acids is 2. The summed E-state index contributed by atoms with van der Waals surface area (Å²) in [4.78, 5) is 19.2. The fourth-order valence-corrected chi connectivity index (χ4v) is 0.918. The van der Waals surface area contributed by atoms with Crippen LogP contribution in [-0.4, -0.2) is 35.4 Å². The van der Waals surface area contributed by atoms with Gasteiger partial charge < -0.3 is 14.9 Å². The fraction of sp³-hybridized carbons (Fsp3) is 0.273. The predicted octanol–water partition coefficient (Wildman–Crippen LogP) is 1.96. The van der Waals surface area contributed by atoms with E-state index in [0.717, 1.165) is 11.3 Å². The zero-order valence-electron chi connectivity index (χ0n) is 9.77. The average Bonchev–Trinajstić information content (AvgIpc) is 2.28. The maximum atomic E-state index is 10.6. The summed E-state index contributed by atoms with van der Waals surface area (Å²) >= 11 is 0. The molecule has 0 aromatic heterocycles. The maximum absolute atomic E-state index is 10.6. The van der Waals surface area contributed by atoms with Crippen molar-refractivity contribution in [2.75, 3.05) is 7.11 Å². The van der Waals surface area contributed by atoms with E-state index in [4.69, 9.17) is 19.7 Å². The van der Waals surface area contributed by atoms with E-state index >= 15 is 0 Å². The summed E-state index contributed by atoms with van der Waals surface area (Å²) in [6.07, 6.45) is -5.02. The molecule has 0 amide bonds. The minimum Gasteiger partial charge on any atom is -0.497 e. The second-order valence-corrected chi connectivity index (χ2v) is 3.22. The van der Waals surface area contributed by atoms with Crippen molar-refractivity contribution in [3.8, 4) is 5.75 Å². The van der Waals surface area contributed by atoms with Gasteiger partial charge in [0.05, 0.1) is 13.5 Å². The van der Waals surface area contributed by atoms with Gasteiger partial charge in [0.25, 0.3) is 0 Å². The minimum absolute atomic E-state index is 0.0595. The molecule has 19 heavy (non-hydrogen) atoms. The van der Waals surface area contributed by atoms with Crippen LogP contribution in [-0.2, 0) is 16.0 Å². The van der Waals surface area contributed by atoms with Crippen LogP contribution < -0.4 is 4.74 Å². The summed E-state index contributed by atoms with van der Waals surface area (Å²) in [7, 11) is 1.58. The van der Waals surface area contributed by atoms with Crippen molar-refractivity contribution < 1.29 is 37.7 Å². The first-order chi connectivity index (χ1) is 8.66. The molecule has 0 saturated carbocycles. The molecule has 0 bridgehead atoms. The number of alkyl halides is 3. The Labute approximate surface area is 106 Å². The number of carboxylic acid groups (broad SMARTS) is 2. The van der Waals surface area contributed by atoms with Gasteiger partial charge >= 0.3 is 18.1 Å². The Kier molecular flexibility index (Phi) is 6.39. The Hall–Kier alpha value is -2.25. The van der Waals surface area contributed by atoms with E-state index in [0.29, 0.717) is 0 Å². The Morgan fingerprint density at radius 3 is 1.84 bits per heavy atom. The van der Waals surface area contributed by atoms with Crippen LogP contribution in [0.25, 0.3) is 0 Å². The van der Waals surface area contributed by atoms with Gasteiger partial charge in [-0.15, -0.1) is 0 Å². The molecule has 2 N–H and O–H groups in total. The number of hydrogen-bond acceptors (Lipinski definition) is 3. The van der Waals surface area contributed by atoms with Crippen LogP contribution in [0, 0.1) is 0 Å². The monoisotopic (exact) mass is 280 g/mol. The van der Waals surface area contributed by atoms with Gasteiger partial charge in [0.15, 0.2) is 0 Å². The second kappa shape index (κ2) is 7.24. The Bertz CT molecular complexity index is 425. The van der Waals surface area contributed by atoms with E-state index in [-0.39, 0.29) is 6.42 Å². The van der Waals surface area contributed by atoms with Gasteiger partial charge in [-0.1, -0.05) is 12.1 Å². The molecule has 0 fully saturated rings. The molecule has 8 heteroatoms. The van der Waals surface area contributed by atoms with E-state index < -0.39 is 18.1 Å².